The second-order valence-corrected chi connectivity index (χ2v) is 19.9. The number of rotatable bonds is 15. The molecule has 3 N–H and O–H groups in total. The molecule has 0 radical (unpaired) electrons. The molecule has 3 aromatic carbocycles. The number of hydrogen-bond donors (Lipinski definition) is 3. The number of carbonyl (C=O) groups excluding carboxylic acids is 3. The summed E-state index contributed by atoms with van der Waals surface area (Å²) in [6.07, 6.45) is 2.03. The highest BCUT2D eigenvalue weighted by Crippen LogP contribution is 2.46. The zero-order valence-corrected chi connectivity index (χ0v) is 38.3. The highest BCUT2D eigenvalue weighted by Gasteiger charge is 2.62. The fourth-order valence-electron chi connectivity index (χ4n) is 7.90. The number of fused-ring (bicyclic) bond motifs is 1. The van der Waals surface area contributed by atoms with Crippen LogP contribution < -0.4 is 29.6 Å². The molecule has 5 aromatic rings. The maximum Gasteiger partial charge on any atom is 0.259 e. The number of carbonyl (C=O) groups is 3. The molecule has 0 unspecified atom stereocenters. The number of likely N-dealkylation sites (tertiary alicyclic amines) is 1. The third kappa shape index (κ3) is 9.50. The molecule has 8 rings (SSSR count). The number of thiazole rings is 1. The number of ether oxygens (including phenoxy) is 3. The largest absolute Gasteiger partial charge is 0.497 e. The molecule has 0 spiro atoms. The van der Waals surface area contributed by atoms with E-state index in [0.717, 1.165) is 22.6 Å². The summed E-state index contributed by atoms with van der Waals surface area (Å²) in [7, 11) is -0.717. The highest BCUT2D eigenvalue weighted by atomic mass is 32.2. The lowest BCUT2D eigenvalue weighted by atomic mass is 9.85. The Morgan fingerprint density at radius 3 is 2.25 bits per heavy atom. The number of pyridine rings is 1. The summed E-state index contributed by atoms with van der Waals surface area (Å²) in [5.41, 5.74) is 1.55. The number of benzene rings is 3. The minimum Gasteiger partial charge on any atom is -0.497 e. The fourth-order valence-corrected chi connectivity index (χ4v) is 10.0. The molecule has 5 atom stereocenters. The number of aromatic nitrogens is 2. The Morgan fingerprint density at radius 1 is 0.937 bits per heavy atom. The molecule has 2 aromatic heterocycles. The second-order valence-electron chi connectivity index (χ2n) is 17.1. The molecule has 1 aliphatic heterocycles. The zero-order chi connectivity index (χ0) is 44.0. The van der Waals surface area contributed by atoms with E-state index in [4.69, 9.17) is 24.2 Å². The SMILES string of the molecule is C=C[C@@H]1C[C@]1(NC(=O)[C@@H]1C[C@@H](Oc2cc(-c3ccccc3)nc3cc(OC)ccc23)CN1C(=O)[C@@H](Nc1nc(-c2ccc(OC)cc2)cs1)C(C)(C)C)C(=O)NS(=O)(=O)C1CC1.S. The molecule has 0 bridgehead atoms. The maximum absolute atomic E-state index is 15.1. The number of amides is 3. The first-order valence-electron chi connectivity index (χ1n) is 20.5. The molecular weight excluding hydrogens is 861 g/mol. The molecule has 2 aliphatic carbocycles. The van der Waals surface area contributed by atoms with Crippen molar-refractivity contribution < 1.29 is 37.0 Å². The summed E-state index contributed by atoms with van der Waals surface area (Å²) in [5, 5.41) is 8.77. The van der Waals surface area contributed by atoms with Gasteiger partial charge in [0, 0.05) is 46.4 Å². The summed E-state index contributed by atoms with van der Waals surface area (Å²) >= 11 is 1.36. The van der Waals surface area contributed by atoms with Gasteiger partial charge in [-0.05, 0) is 61.1 Å². The number of nitrogens with one attached hydrogen (secondary N) is 3. The topological polar surface area (TPSA) is 178 Å². The predicted molar refractivity (Wildman–Crippen MR) is 249 cm³/mol. The number of anilines is 1. The lowest BCUT2D eigenvalue weighted by molar-refractivity contribution is -0.141. The molecule has 2 saturated carbocycles. The van der Waals surface area contributed by atoms with Crippen molar-refractivity contribution in [2.45, 2.75) is 75.4 Å². The zero-order valence-electron chi connectivity index (χ0n) is 35.7. The molecule has 14 nitrogen and oxygen atoms in total. The Kier molecular flexibility index (Phi) is 12.9. The van der Waals surface area contributed by atoms with Crippen LogP contribution in [0.25, 0.3) is 33.4 Å². The Labute approximate surface area is 378 Å². The average Bonchev–Trinajstić information content (AvgIpc) is 4.15. The third-order valence-corrected chi connectivity index (χ3v) is 14.3. The van der Waals surface area contributed by atoms with E-state index in [2.05, 4.69) is 21.9 Å². The molecular formula is C46H52N6O8S3. The van der Waals surface area contributed by atoms with E-state index in [1.54, 1.807) is 14.2 Å². The summed E-state index contributed by atoms with van der Waals surface area (Å²) in [4.78, 5) is 54.7. The minimum atomic E-state index is -3.91. The van der Waals surface area contributed by atoms with Gasteiger partial charge in [-0.1, -0.05) is 57.2 Å². The molecule has 3 fully saturated rings. The van der Waals surface area contributed by atoms with Crippen molar-refractivity contribution in [1.29, 1.82) is 0 Å². The van der Waals surface area contributed by atoms with Crippen molar-refractivity contribution in [2.24, 2.45) is 11.3 Å². The van der Waals surface area contributed by atoms with Gasteiger partial charge in [0.15, 0.2) is 5.13 Å². The molecule has 17 heteroatoms. The van der Waals surface area contributed by atoms with Gasteiger partial charge in [-0.15, -0.1) is 17.9 Å². The predicted octanol–water partition coefficient (Wildman–Crippen LogP) is 6.70. The van der Waals surface area contributed by atoms with Crippen molar-refractivity contribution in [1.82, 2.24) is 24.9 Å². The molecule has 1 saturated heterocycles. The van der Waals surface area contributed by atoms with Crippen LogP contribution in [0.4, 0.5) is 5.13 Å². The van der Waals surface area contributed by atoms with Crippen molar-refractivity contribution >= 4 is 68.6 Å². The summed E-state index contributed by atoms with van der Waals surface area (Å²) in [6.45, 7) is 9.66. The molecule has 3 amide bonds. The van der Waals surface area contributed by atoms with Crippen molar-refractivity contribution in [2.75, 3.05) is 26.1 Å². The van der Waals surface area contributed by atoms with E-state index in [-0.39, 0.29) is 38.8 Å². The quantitative estimate of drug-likeness (QED) is 0.0953. The summed E-state index contributed by atoms with van der Waals surface area (Å²) < 4.78 is 45.6. The fraction of sp³-hybridized carbons (Fsp3) is 0.370. The lowest BCUT2D eigenvalue weighted by Crippen LogP contribution is -2.58. The average molecular weight is 913 g/mol. The van der Waals surface area contributed by atoms with Crippen molar-refractivity contribution in [3.63, 3.8) is 0 Å². The molecule has 3 aliphatic rings. The Balaban J connectivity index is 0.00000595. The van der Waals surface area contributed by atoms with Crippen LogP contribution in [0.2, 0.25) is 0 Å². The number of methoxy groups -OCH3 is 2. The van der Waals surface area contributed by atoms with E-state index in [1.807, 2.05) is 105 Å². The molecule has 63 heavy (non-hydrogen) atoms. The smallest absolute Gasteiger partial charge is 0.259 e. The van der Waals surface area contributed by atoms with Gasteiger partial charge < -0.3 is 29.7 Å². The maximum atomic E-state index is 15.1. The number of sulfonamides is 1. The van der Waals surface area contributed by atoms with Gasteiger partial charge >= 0.3 is 0 Å². The van der Waals surface area contributed by atoms with E-state index in [1.165, 1.54) is 22.3 Å². The van der Waals surface area contributed by atoms with E-state index in [0.29, 0.717) is 46.1 Å². The van der Waals surface area contributed by atoms with Gasteiger partial charge in [0.1, 0.15) is 41.0 Å². The van der Waals surface area contributed by atoms with Crippen LogP contribution in [-0.4, -0.2) is 90.7 Å². The van der Waals surface area contributed by atoms with Gasteiger partial charge in [0.2, 0.25) is 21.8 Å². The van der Waals surface area contributed by atoms with Crippen molar-refractivity contribution in [3.8, 4) is 39.8 Å². The van der Waals surface area contributed by atoms with Gasteiger partial charge in [0.25, 0.3) is 5.91 Å². The van der Waals surface area contributed by atoms with Crippen LogP contribution in [0, 0.1) is 11.3 Å². The Hall–Kier alpha value is -5.65. The first-order valence-corrected chi connectivity index (χ1v) is 22.9. The van der Waals surface area contributed by atoms with Crippen LogP contribution in [-0.2, 0) is 24.4 Å². The normalized spacial score (nSPS) is 21.1. The second kappa shape index (κ2) is 17.8. The monoisotopic (exact) mass is 912 g/mol. The van der Waals surface area contributed by atoms with Crippen LogP contribution in [0.5, 0.6) is 17.2 Å². The van der Waals surface area contributed by atoms with E-state index in [9.17, 15) is 18.0 Å². The lowest BCUT2D eigenvalue weighted by Gasteiger charge is -2.35. The highest BCUT2D eigenvalue weighted by molar-refractivity contribution is 7.91. The number of nitrogens with zero attached hydrogens (tertiary/aromatic N) is 3. The van der Waals surface area contributed by atoms with Gasteiger partial charge in [-0.3, -0.25) is 19.1 Å². The number of hydrogen-bond acceptors (Lipinski definition) is 12. The Morgan fingerprint density at radius 2 is 1.62 bits per heavy atom. The van der Waals surface area contributed by atoms with E-state index >= 15 is 4.79 Å². The summed E-state index contributed by atoms with van der Waals surface area (Å²) in [6, 6.07) is 22.6. The van der Waals surface area contributed by atoms with Crippen molar-refractivity contribution in [3.05, 3.63) is 96.9 Å². The molecule has 3 heterocycles. The van der Waals surface area contributed by atoms with Crippen LogP contribution >= 0.6 is 24.8 Å². The van der Waals surface area contributed by atoms with Crippen LogP contribution in [0.1, 0.15) is 46.5 Å². The third-order valence-electron chi connectivity index (χ3n) is 11.7. The van der Waals surface area contributed by atoms with Crippen LogP contribution in [0.15, 0.2) is 96.9 Å². The van der Waals surface area contributed by atoms with Gasteiger partial charge in [-0.25, -0.2) is 18.4 Å². The molecule has 332 valence electrons. The summed E-state index contributed by atoms with van der Waals surface area (Å²) in [5.74, 6) is -0.459. The minimum absolute atomic E-state index is 0. The van der Waals surface area contributed by atoms with Gasteiger partial charge in [0.05, 0.1) is 42.9 Å². The van der Waals surface area contributed by atoms with E-state index < -0.39 is 62.1 Å². The van der Waals surface area contributed by atoms with Gasteiger partial charge in [-0.2, -0.15) is 13.5 Å². The standard InChI is InChI=1S/C46H50N6O8S2.H2S/c1-7-29-24-46(29,43(55)51-62(56,57)33-18-19-33)50-41(53)38-22-32(60-39-23-35(27-11-9-8-10-12-27)47-36-21-31(59-6)17-20-34(36)39)25-52(38)42(54)40(45(2,3)4)49-44-48-37(26-61-44)28-13-15-30(58-5)16-14-28;/h7-17,20-21,23,26,29,32-33,38,40H,1,18-19,22,24-25H2,2-6H3,(H,48,49)(H,50,53)(H,51,55);1H2/t29-,32-,38+,40-,46-;/m1./s1. The first kappa shape index (κ1) is 45.4. The Bertz CT molecular complexity index is 2630. The first-order chi connectivity index (χ1) is 29.6. The van der Waals surface area contributed by atoms with Crippen LogP contribution in [0.3, 0.4) is 0 Å².